The third-order valence-electron chi connectivity index (χ3n) is 4.94. The first-order valence-electron chi connectivity index (χ1n) is 8.70. The van der Waals surface area contributed by atoms with E-state index in [0.29, 0.717) is 34.4 Å². The van der Waals surface area contributed by atoms with Gasteiger partial charge in [0.05, 0.1) is 17.2 Å². The number of nitrogens with zero attached hydrogens (tertiary/aromatic N) is 4. The average Bonchev–Trinajstić information content (AvgIpc) is 3.11. The number of likely N-dealkylation sites (tertiary alicyclic amines) is 1. The molecule has 0 radical (unpaired) electrons. The lowest BCUT2D eigenvalue weighted by molar-refractivity contribution is 0.0711. The molecular weight excluding hydrogens is 387 g/mol. The van der Waals surface area contributed by atoms with E-state index in [4.69, 9.17) is 27.9 Å². The number of hydrogen-bond acceptors (Lipinski definition) is 4. The summed E-state index contributed by atoms with van der Waals surface area (Å²) in [5, 5.41) is 9.24. The van der Waals surface area contributed by atoms with Gasteiger partial charge < -0.3 is 9.64 Å². The van der Waals surface area contributed by atoms with E-state index in [9.17, 15) is 4.79 Å². The molecule has 3 heterocycles. The van der Waals surface area contributed by atoms with Gasteiger partial charge in [-0.1, -0.05) is 29.3 Å². The van der Waals surface area contributed by atoms with E-state index >= 15 is 0 Å². The standard InChI is InChI=1S/C19H18Cl2N4O2/c1-27-17-14(20)10-13(11-15(17)21)19(26)24-8-5-12(6-9-24)18-23-22-16-4-2-3-7-25(16)18/h2-4,7,10-12H,5-6,8-9H2,1H3. The first kappa shape index (κ1) is 18.1. The molecule has 1 aromatic carbocycles. The van der Waals surface area contributed by atoms with Gasteiger partial charge in [0.2, 0.25) is 0 Å². The summed E-state index contributed by atoms with van der Waals surface area (Å²) in [6, 6.07) is 9.06. The molecule has 0 N–H and O–H groups in total. The lowest BCUT2D eigenvalue weighted by atomic mass is 9.95. The average molecular weight is 405 g/mol. The minimum Gasteiger partial charge on any atom is -0.494 e. The van der Waals surface area contributed by atoms with Crippen molar-refractivity contribution in [2.45, 2.75) is 18.8 Å². The number of methoxy groups -OCH3 is 1. The minimum atomic E-state index is -0.0778. The van der Waals surface area contributed by atoms with Crippen molar-refractivity contribution in [3.05, 3.63) is 58.0 Å². The normalized spacial score (nSPS) is 15.3. The van der Waals surface area contributed by atoms with Crippen LogP contribution in [-0.4, -0.2) is 45.6 Å². The fourth-order valence-corrected chi connectivity index (χ4v) is 4.18. The SMILES string of the molecule is COc1c(Cl)cc(C(=O)N2CCC(c3nnc4ccccn34)CC2)cc1Cl. The molecule has 6 nitrogen and oxygen atoms in total. The Hall–Kier alpha value is -2.31. The van der Waals surface area contributed by atoms with Crippen molar-refractivity contribution in [3.63, 3.8) is 0 Å². The molecule has 0 spiro atoms. The van der Waals surface area contributed by atoms with Crippen molar-refractivity contribution in [2.24, 2.45) is 0 Å². The molecule has 1 aliphatic rings. The number of halogens is 2. The van der Waals surface area contributed by atoms with Gasteiger partial charge in [-0.2, -0.15) is 0 Å². The molecular formula is C19H18Cl2N4O2. The molecule has 1 amide bonds. The highest BCUT2D eigenvalue weighted by molar-refractivity contribution is 6.37. The van der Waals surface area contributed by atoms with Gasteiger partial charge in [0.15, 0.2) is 11.4 Å². The fourth-order valence-electron chi connectivity index (χ4n) is 3.54. The Bertz CT molecular complexity index is 973. The lowest BCUT2D eigenvalue weighted by Crippen LogP contribution is -2.38. The van der Waals surface area contributed by atoms with Gasteiger partial charge in [-0.3, -0.25) is 9.20 Å². The Morgan fingerprint density at radius 2 is 1.85 bits per heavy atom. The summed E-state index contributed by atoms with van der Waals surface area (Å²) < 4.78 is 7.16. The first-order valence-corrected chi connectivity index (χ1v) is 9.46. The molecule has 1 fully saturated rings. The van der Waals surface area contributed by atoms with Crippen LogP contribution in [0.25, 0.3) is 5.65 Å². The van der Waals surface area contributed by atoms with Gasteiger partial charge in [0.25, 0.3) is 5.91 Å². The number of piperidine rings is 1. The van der Waals surface area contributed by atoms with E-state index in [-0.39, 0.29) is 11.8 Å². The van der Waals surface area contributed by atoms with Crippen LogP contribution in [0.1, 0.15) is 34.9 Å². The molecule has 27 heavy (non-hydrogen) atoms. The number of hydrogen-bond donors (Lipinski definition) is 0. The monoisotopic (exact) mass is 404 g/mol. The number of pyridine rings is 1. The van der Waals surface area contributed by atoms with Crippen LogP contribution in [0.3, 0.4) is 0 Å². The second-order valence-corrected chi connectivity index (χ2v) is 7.34. The molecule has 2 aromatic heterocycles. The number of carbonyl (C=O) groups is 1. The topological polar surface area (TPSA) is 59.7 Å². The maximum Gasteiger partial charge on any atom is 0.253 e. The van der Waals surface area contributed by atoms with Crippen LogP contribution >= 0.6 is 23.2 Å². The maximum absolute atomic E-state index is 12.8. The Labute approximate surface area is 166 Å². The largest absolute Gasteiger partial charge is 0.494 e. The zero-order valence-electron chi connectivity index (χ0n) is 14.7. The van der Waals surface area contributed by atoms with Crippen LogP contribution in [0.15, 0.2) is 36.5 Å². The van der Waals surface area contributed by atoms with Crippen LogP contribution < -0.4 is 4.74 Å². The minimum absolute atomic E-state index is 0.0778. The molecule has 3 aromatic rings. The van der Waals surface area contributed by atoms with E-state index in [1.807, 2.05) is 33.7 Å². The third-order valence-corrected chi connectivity index (χ3v) is 5.50. The molecule has 0 bridgehead atoms. The van der Waals surface area contributed by atoms with Crippen molar-refractivity contribution in [3.8, 4) is 5.75 Å². The van der Waals surface area contributed by atoms with Gasteiger partial charge in [-0.15, -0.1) is 10.2 Å². The number of ether oxygens (including phenoxy) is 1. The Morgan fingerprint density at radius 1 is 1.15 bits per heavy atom. The van der Waals surface area contributed by atoms with Crippen LogP contribution in [0.4, 0.5) is 0 Å². The van der Waals surface area contributed by atoms with E-state index in [1.54, 1.807) is 12.1 Å². The van der Waals surface area contributed by atoms with E-state index < -0.39 is 0 Å². The van der Waals surface area contributed by atoms with Crippen molar-refractivity contribution in [2.75, 3.05) is 20.2 Å². The smallest absolute Gasteiger partial charge is 0.253 e. The predicted octanol–water partition coefficient (Wildman–Crippen LogP) is 4.06. The van der Waals surface area contributed by atoms with Crippen LogP contribution in [0.5, 0.6) is 5.75 Å². The summed E-state index contributed by atoms with van der Waals surface area (Å²) in [6.45, 7) is 1.29. The van der Waals surface area contributed by atoms with E-state index in [1.165, 1.54) is 7.11 Å². The van der Waals surface area contributed by atoms with Gasteiger partial charge in [-0.05, 0) is 37.1 Å². The molecule has 0 aliphatic carbocycles. The molecule has 4 rings (SSSR count). The number of benzene rings is 1. The molecule has 0 atom stereocenters. The van der Waals surface area contributed by atoms with Gasteiger partial charge in [0.1, 0.15) is 5.82 Å². The van der Waals surface area contributed by atoms with Crippen molar-refractivity contribution < 1.29 is 9.53 Å². The second-order valence-electron chi connectivity index (χ2n) is 6.53. The molecule has 0 unspecified atom stereocenters. The van der Waals surface area contributed by atoms with Gasteiger partial charge >= 0.3 is 0 Å². The van der Waals surface area contributed by atoms with Crippen LogP contribution in [0.2, 0.25) is 10.0 Å². The summed E-state index contributed by atoms with van der Waals surface area (Å²) in [5.74, 6) is 1.53. The summed E-state index contributed by atoms with van der Waals surface area (Å²) in [7, 11) is 1.49. The molecule has 1 saturated heterocycles. The van der Waals surface area contributed by atoms with Crippen LogP contribution in [-0.2, 0) is 0 Å². The number of aromatic nitrogens is 3. The number of amides is 1. The quantitative estimate of drug-likeness (QED) is 0.659. The Morgan fingerprint density at radius 3 is 2.52 bits per heavy atom. The highest BCUT2D eigenvalue weighted by Crippen LogP contribution is 2.35. The first-order chi connectivity index (χ1) is 13.1. The zero-order chi connectivity index (χ0) is 19.0. The summed E-state index contributed by atoms with van der Waals surface area (Å²) >= 11 is 12.3. The number of carbonyl (C=O) groups excluding carboxylic acids is 1. The zero-order valence-corrected chi connectivity index (χ0v) is 16.2. The van der Waals surface area contributed by atoms with Gasteiger partial charge in [0, 0.05) is 30.8 Å². The molecule has 0 saturated carbocycles. The third kappa shape index (κ3) is 3.35. The van der Waals surface area contributed by atoms with E-state index in [0.717, 1.165) is 24.3 Å². The highest BCUT2D eigenvalue weighted by atomic mass is 35.5. The highest BCUT2D eigenvalue weighted by Gasteiger charge is 2.28. The van der Waals surface area contributed by atoms with Gasteiger partial charge in [-0.25, -0.2) is 0 Å². The summed E-state index contributed by atoms with van der Waals surface area (Å²) in [5.41, 5.74) is 1.31. The Kier molecular flexibility index (Phi) is 4.93. The molecule has 1 aliphatic heterocycles. The van der Waals surface area contributed by atoms with Crippen molar-refractivity contribution >= 4 is 34.8 Å². The van der Waals surface area contributed by atoms with E-state index in [2.05, 4.69) is 10.2 Å². The number of rotatable bonds is 3. The van der Waals surface area contributed by atoms with Crippen LogP contribution in [0, 0.1) is 0 Å². The maximum atomic E-state index is 12.8. The summed E-state index contributed by atoms with van der Waals surface area (Å²) in [6.07, 6.45) is 3.64. The molecule has 8 heteroatoms. The predicted molar refractivity (Wildman–Crippen MR) is 104 cm³/mol. The fraction of sp³-hybridized carbons (Fsp3) is 0.316. The summed E-state index contributed by atoms with van der Waals surface area (Å²) in [4.78, 5) is 14.7. The lowest BCUT2D eigenvalue weighted by Gasteiger charge is -2.31. The van der Waals surface area contributed by atoms with Crippen molar-refractivity contribution in [1.29, 1.82) is 0 Å². The van der Waals surface area contributed by atoms with Crippen molar-refractivity contribution in [1.82, 2.24) is 19.5 Å². The number of fused-ring (bicyclic) bond motifs is 1. The second kappa shape index (κ2) is 7.37. The Balaban J connectivity index is 1.48. The molecule has 140 valence electrons.